The maximum atomic E-state index is 13.8. The molecule has 0 bridgehead atoms. The van der Waals surface area contributed by atoms with Crippen LogP contribution in [0.15, 0.2) is 17.6 Å². The van der Waals surface area contributed by atoms with Crippen LogP contribution >= 0.6 is 22.9 Å². The zero-order chi connectivity index (χ0) is 32.6. The van der Waals surface area contributed by atoms with Gasteiger partial charge in [-0.05, 0) is 60.8 Å². The number of anilines is 2. The summed E-state index contributed by atoms with van der Waals surface area (Å²) in [6, 6.07) is 1.22. The summed E-state index contributed by atoms with van der Waals surface area (Å²) < 4.78 is 13.0. The molecule has 0 radical (unpaired) electrons. The third-order valence-electron chi connectivity index (χ3n) is 7.10. The fraction of sp³-hybridized carbons (Fsp3) is 0.633. The third kappa shape index (κ3) is 8.10. The first-order valence-electron chi connectivity index (χ1n) is 14.8. The molecule has 2 amide bonds. The van der Waals surface area contributed by atoms with Crippen molar-refractivity contribution in [1.29, 1.82) is 0 Å². The van der Waals surface area contributed by atoms with E-state index in [0.29, 0.717) is 47.0 Å². The van der Waals surface area contributed by atoms with E-state index < -0.39 is 35.5 Å². The van der Waals surface area contributed by atoms with Crippen molar-refractivity contribution >= 4 is 52.4 Å². The van der Waals surface area contributed by atoms with Gasteiger partial charge in [-0.15, -0.1) is 11.3 Å². The predicted molar refractivity (Wildman–Crippen MR) is 172 cm³/mol. The molecule has 14 heteroatoms. The number of β-amino-alcohol motifs (C(OH)–C–C–N with tert-alkyl or cyclic N) is 1. The Hall–Kier alpha value is -3.16. The molecule has 44 heavy (non-hydrogen) atoms. The van der Waals surface area contributed by atoms with Gasteiger partial charge in [-0.2, -0.15) is 9.61 Å². The van der Waals surface area contributed by atoms with Gasteiger partial charge in [0.25, 0.3) is 0 Å². The number of nitrogens with one attached hydrogen (secondary N) is 1. The smallest absolute Gasteiger partial charge is 0.416 e. The molecule has 4 rings (SSSR count). The summed E-state index contributed by atoms with van der Waals surface area (Å²) >= 11 is 7.51. The maximum absolute atomic E-state index is 13.8. The number of fused-ring (bicyclic) bond motifs is 1. The van der Waals surface area contributed by atoms with E-state index in [4.69, 9.17) is 26.1 Å². The van der Waals surface area contributed by atoms with Crippen molar-refractivity contribution in [3.63, 3.8) is 0 Å². The lowest BCUT2D eigenvalue weighted by Gasteiger charge is -2.36. The van der Waals surface area contributed by atoms with Gasteiger partial charge in [-0.1, -0.05) is 25.4 Å². The number of aromatic nitrogens is 4. The SMILES string of the molecule is CC(C)c1cnn2c(N(C(=O)OC(C)(C)C)[C@@H](C)c3nc(Cl)cs3)cc(NC[C@H]3CCN(C(=O)OC(C)(C)C)C[C@@H]3O)nc12. The Kier molecular flexibility index (Phi) is 10.0. The molecule has 1 aliphatic heterocycles. The summed E-state index contributed by atoms with van der Waals surface area (Å²) in [6.45, 7) is 17.9. The first kappa shape index (κ1) is 33.7. The zero-order valence-electron chi connectivity index (χ0n) is 26.9. The number of halogens is 1. The first-order valence-corrected chi connectivity index (χ1v) is 16.1. The number of piperidine rings is 1. The summed E-state index contributed by atoms with van der Waals surface area (Å²) in [6.07, 6.45) is 0.592. The van der Waals surface area contributed by atoms with Crippen LogP contribution in [0.3, 0.4) is 0 Å². The Morgan fingerprint density at radius 2 is 1.84 bits per heavy atom. The van der Waals surface area contributed by atoms with Gasteiger partial charge in [0, 0.05) is 36.0 Å². The van der Waals surface area contributed by atoms with Gasteiger partial charge in [0.15, 0.2) is 5.65 Å². The van der Waals surface area contributed by atoms with Crippen molar-refractivity contribution in [3.05, 3.63) is 33.4 Å². The van der Waals surface area contributed by atoms with Gasteiger partial charge in [0.05, 0.1) is 24.9 Å². The van der Waals surface area contributed by atoms with Gasteiger partial charge in [0.2, 0.25) is 0 Å². The fourth-order valence-electron chi connectivity index (χ4n) is 4.91. The molecule has 0 saturated carbocycles. The van der Waals surface area contributed by atoms with E-state index in [1.807, 2.05) is 48.5 Å². The van der Waals surface area contributed by atoms with Crippen LogP contribution in [-0.2, 0) is 9.47 Å². The van der Waals surface area contributed by atoms with Gasteiger partial charge in [0.1, 0.15) is 33.0 Å². The number of ether oxygens (including phenoxy) is 2. The first-order chi connectivity index (χ1) is 20.4. The number of amides is 2. The minimum Gasteiger partial charge on any atom is -0.444 e. The molecular formula is C30H44ClN7O5S. The Morgan fingerprint density at radius 1 is 1.16 bits per heavy atom. The van der Waals surface area contributed by atoms with E-state index in [-0.39, 0.29) is 18.4 Å². The van der Waals surface area contributed by atoms with E-state index in [0.717, 1.165) is 5.56 Å². The average Bonchev–Trinajstić information content (AvgIpc) is 3.52. The van der Waals surface area contributed by atoms with Crippen LogP contribution in [0, 0.1) is 5.92 Å². The molecule has 0 spiro atoms. The van der Waals surface area contributed by atoms with E-state index in [1.165, 1.54) is 16.2 Å². The van der Waals surface area contributed by atoms with Crippen molar-refractivity contribution < 1.29 is 24.2 Å². The lowest BCUT2D eigenvalue weighted by atomic mass is 9.94. The average molecular weight is 650 g/mol. The molecule has 0 unspecified atom stereocenters. The lowest BCUT2D eigenvalue weighted by Crippen LogP contribution is -2.49. The van der Waals surface area contributed by atoms with Gasteiger partial charge < -0.3 is 24.8 Å². The maximum Gasteiger partial charge on any atom is 0.416 e. The highest BCUT2D eigenvalue weighted by atomic mass is 35.5. The minimum atomic E-state index is -0.750. The molecule has 2 N–H and O–H groups in total. The van der Waals surface area contributed by atoms with Crippen molar-refractivity contribution in [2.45, 2.75) is 98.0 Å². The number of rotatable bonds is 7. The zero-order valence-corrected chi connectivity index (χ0v) is 28.5. The largest absolute Gasteiger partial charge is 0.444 e. The van der Waals surface area contributed by atoms with Crippen molar-refractivity contribution in [3.8, 4) is 0 Å². The van der Waals surface area contributed by atoms with Gasteiger partial charge in [-0.25, -0.2) is 19.6 Å². The summed E-state index contributed by atoms with van der Waals surface area (Å²) in [5.74, 6) is 0.933. The van der Waals surface area contributed by atoms with Crippen molar-refractivity contribution in [2.75, 3.05) is 29.9 Å². The Balaban J connectivity index is 1.66. The number of aliphatic hydroxyl groups is 1. The molecule has 3 aromatic heterocycles. The second-order valence-corrected chi connectivity index (χ2v) is 14.7. The number of hydrogen-bond donors (Lipinski definition) is 2. The molecule has 242 valence electrons. The number of likely N-dealkylation sites (tertiary alicyclic amines) is 1. The monoisotopic (exact) mass is 649 g/mol. The number of carbonyl (C=O) groups excluding carboxylic acids is 2. The second kappa shape index (κ2) is 13.1. The number of hydrogen-bond acceptors (Lipinski definition) is 10. The molecule has 0 aromatic carbocycles. The Morgan fingerprint density at radius 3 is 2.41 bits per heavy atom. The molecule has 3 aromatic rings. The van der Waals surface area contributed by atoms with Crippen molar-refractivity contribution in [2.24, 2.45) is 5.92 Å². The fourth-order valence-corrected chi connectivity index (χ4v) is 5.91. The predicted octanol–water partition coefficient (Wildman–Crippen LogP) is 6.50. The highest BCUT2D eigenvalue weighted by Crippen LogP contribution is 2.34. The highest BCUT2D eigenvalue weighted by Gasteiger charge is 2.35. The van der Waals surface area contributed by atoms with Crippen LogP contribution < -0.4 is 10.2 Å². The third-order valence-corrected chi connectivity index (χ3v) is 8.43. The van der Waals surface area contributed by atoms with Crippen LogP contribution in [0.1, 0.15) is 91.3 Å². The summed E-state index contributed by atoms with van der Waals surface area (Å²) in [7, 11) is 0. The molecule has 0 aliphatic carbocycles. The van der Waals surface area contributed by atoms with Crippen LogP contribution in [0.5, 0.6) is 0 Å². The van der Waals surface area contributed by atoms with Crippen LogP contribution in [0.4, 0.5) is 21.2 Å². The summed E-state index contributed by atoms with van der Waals surface area (Å²) in [5.41, 5.74) is 0.148. The van der Waals surface area contributed by atoms with Gasteiger partial charge in [-0.3, -0.25) is 4.90 Å². The topological polar surface area (TPSA) is 134 Å². The van der Waals surface area contributed by atoms with E-state index >= 15 is 0 Å². The highest BCUT2D eigenvalue weighted by molar-refractivity contribution is 7.10. The molecule has 1 fully saturated rings. The standard InChI is InChI=1S/C30H44ClN7O5S/c1-17(2)20-14-33-38-24(37(28(41)43-30(7,8)9)18(3)26-34-22(31)16-44-26)12-23(35-25(20)38)32-13-19-10-11-36(15-21(19)39)27(40)42-29(4,5)6/h12,14,16-19,21,39H,10-11,13,15H2,1-9H3,(H,32,35)/t18-,19+,21-/m0/s1. The normalized spacial score (nSPS) is 18.4. The number of thiazole rings is 1. The number of carbonyl (C=O) groups is 2. The van der Waals surface area contributed by atoms with Crippen LogP contribution in [0.25, 0.3) is 5.65 Å². The molecule has 1 saturated heterocycles. The van der Waals surface area contributed by atoms with Crippen molar-refractivity contribution in [1.82, 2.24) is 24.5 Å². The van der Waals surface area contributed by atoms with Gasteiger partial charge >= 0.3 is 12.2 Å². The Labute approximate surface area is 267 Å². The van der Waals surface area contributed by atoms with Crippen LogP contribution in [-0.4, -0.2) is 78.7 Å². The minimum absolute atomic E-state index is 0.118. The molecule has 3 atom stereocenters. The quantitative estimate of drug-likeness (QED) is 0.294. The lowest BCUT2D eigenvalue weighted by molar-refractivity contribution is -0.0104. The van der Waals surface area contributed by atoms with E-state index in [9.17, 15) is 14.7 Å². The number of aliphatic hydroxyl groups excluding tert-OH is 1. The summed E-state index contributed by atoms with van der Waals surface area (Å²) in [5, 5.41) is 21.6. The van der Waals surface area contributed by atoms with E-state index in [2.05, 4.69) is 29.2 Å². The molecule has 1 aliphatic rings. The second-order valence-electron chi connectivity index (χ2n) is 13.4. The molecule has 4 heterocycles. The number of nitrogens with zero attached hydrogens (tertiary/aromatic N) is 6. The molecule has 12 nitrogen and oxygen atoms in total. The summed E-state index contributed by atoms with van der Waals surface area (Å²) in [4.78, 5) is 38.7. The van der Waals surface area contributed by atoms with Crippen LogP contribution in [0.2, 0.25) is 5.15 Å². The molecular weight excluding hydrogens is 606 g/mol. The van der Waals surface area contributed by atoms with E-state index in [1.54, 1.807) is 27.1 Å². The Bertz CT molecular complexity index is 1480.